The highest BCUT2D eigenvalue weighted by Crippen LogP contribution is 2.21. The number of nitrogens with zero attached hydrogens (tertiary/aromatic N) is 1. The van der Waals surface area contributed by atoms with Crippen molar-refractivity contribution in [2.24, 2.45) is 0 Å². The second kappa shape index (κ2) is 6.48. The molecule has 3 nitrogen and oxygen atoms in total. The van der Waals surface area contributed by atoms with Crippen LogP contribution in [0, 0.1) is 12.7 Å². The number of aromatic amines is 1. The second-order valence-corrected chi connectivity index (χ2v) is 4.75. The average molecular weight is 261 g/mol. The Morgan fingerprint density at radius 2 is 2.26 bits per heavy atom. The largest absolute Gasteiger partial charge is 0.349 e. The Balaban J connectivity index is 2.23. The first kappa shape index (κ1) is 13.7. The highest BCUT2D eigenvalue weighted by Gasteiger charge is 2.15. The van der Waals surface area contributed by atoms with E-state index in [2.05, 4.69) is 22.2 Å². The molecule has 0 bridgehead atoms. The van der Waals surface area contributed by atoms with Gasteiger partial charge in [0.2, 0.25) is 0 Å². The molecule has 1 unspecified atom stereocenters. The van der Waals surface area contributed by atoms with Crippen molar-refractivity contribution in [3.05, 3.63) is 53.4 Å². The van der Waals surface area contributed by atoms with Gasteiger partial charge in [0.05, 0.1) is 0 Å². The number of nitrogens with one attached hydrogen (secondary N) is 2. The molecule has 0 saturated heterocycles. The normalized spacial score (nSPS) is 12.6. The van der Waals surface area contributed by atoms with E-state index in [9.17, 15) is 4.39 Å². The zero-order chi connectivity index (χ0) is 13.7. The second-order valence-electron chi connectivity index (χ2n) is 4.75. The van der Waals surface area contributed by atoms with Crippen molar-refractivity contribution in [3.8, 4) is 0 Å². The molecule has 0 aliphatic heterocycles. The number of halogens is 1. The number of H-pyrrole nitrogens is 1. The van der Waals surface area contributed by atoms with Gasteiger partial charge in [0.1, 0.15) is 11.6 Å². The first-order valence-corrected chi connectivity index (χ1v) is 6.68. The molecule has 0 spiro atoms. The van der Waals surface area contributed by atoms with Gasteiger partial charge in [-0.2, -0.15) is 0 Å². The molecule has 0 aliphatic carbocycles. The molecule has 19 heavy (non-hydrogen) atoms. The molecule has 0 amide bonds. The summed E-state index contributed by atoms with van der Waals surface area (Å²) in [5, 5.41) is 3.47. The van der Waals surface area contributed by atoms with Crippen molar-refractivity contribution < 1.29 is 4.39 Å². The van der Waals surface area contributed by atoms with E-state index < -0.39 is 0 Å². The minimum Gasteiger partial charge on any atom is -0.349 e. The highest BCUT2D eigenvalue weighted by atomic mass is 19.1. The monoisotopic (exact) mass is 261 g/mol. The van der Waals surface area contributed by atoms with Gasteiger partial charge in [-0.15, -0.1) is 0 Å². The number of benzene rings is 1. The van der Waals surface area contributed by atoms with Crippen LogP contribution in [0.4, 0.5) is 4.39 Å². The van der Waals surface area contributed by atoms with Crippen molar-refractivity contribution in [2.45, 2.75) is 32.7 Å². The van der Waals surface area contributed by atoms with Crippen molar-refractivity contribution in [3.63, 3.8) is 0 Å². The molecule has 2 rings (SSSR count). The van der Waals surface area contributed by atoms with Crippen LogP contribution in [0.3, 0.4) is 0 Å². The Hall–Kier alpha value is -1.68. The minimum atomic E-state index is -0.191. The lowest BCUT2D eigenvalue weighted by molar-refractivity contribution is 0.513. The Morgan fingerprint density at radius 1 is 1.42 bits per heavy atom. The van der Waals surface area contributed by atoms with E-state index in [1.807, 2.05) is 19.2 Å². The van der Waals surface area contributed by atoms with Crippen LogP contribution >= 0.6 is 0 Å². The Bertz CT molecular complexity index is 508. The molecular weight excluding hydrogens is 241 g/mol. The van der Waals surface area contributed by atoms with E-state index in [-0.39, 0.29) is 11.9 Å². The van der Waals surface area contributed by atoms with Crippen LogP contribution < -0.4 is 5.32 Å². The van der Waals surface area contributed by atoms with E-state index in [1.54, 1.807) is 12.3 Å². The molecule has 1 atom stereocenters. The topological polar surface area (TPSA) is 40.7 Å². The first-order chi connectivity index (χ1) is 9.20. The molecule has 0 fully saturated rings. The summed E-state index contributed by atoms with van der Waals surface area (Å²) in [7, 11) is 0. The van der Waals surface area contributed by atoms with Crippen LogP contribution in [-0.4, -0.2) is 16.5 Å². The van der Waals surface area contributed by atoms with Gasteiger partial charge in [-0.05, 0) is 43.1 Å². The number of imidazole rings is 1. The van der Waals surface area contributed by atoms with Gasteiger partial charge in [0, 0.05) is 24.9 Å². The van der Waals surface area contributed by atoms with E-state index in [0.717, 1.165) is 36.3 Å². The van der Waals surface area contributed by atoms with Crippen LogP contribution in [0.2, 0.25) is 0 Å². The van der Waals surface area contributed by atoms with Crippen LogP contribution in [0.5, 0.6) is 0 Å². The van der Waals surface area contributed by atoms with E-state index in [0.29, 0.717) is 0 Å². The smallest absolute Gasteiger partial charge is 0.123 e. The van der Waals surface area contributed by atoms with E-state index in [4.69, 9.17) is 0 Å². The Morgan fingerprint density at radius 3 is 2.95 bits per heavy atom. The molecular formula is C15H20FN3. The van der Waals surface area contributed by atoms with Crippen molar-refractivity contribution in [1.82, 2.24) is 15.3 Å². The number of rotatable bonds is 6. The Kier molecular flexibility index (Phi) is 4.68. The number of hydrogen-bond acceptors (Lipinski definition) is 2. The first-order valence-electron chi connectivity index (χ1n) is 6.68. The lowest BCUT2D eigenvalue weighted by Gasteiger charge is -2.20. The summed E-state index contributed by atoms with van der Waals surface area (Å²) in [5.74, 6) is 0.723. The number of aromatic nitrogens is 2. The molecule has 1 aromatic heterocycles. The molecule has 0 radical (unpaired) electrons. The van der Waals surface area contributed by atoms with Gasteiger partial charge in [-0.3, -0.25) is 0 Å². The SMILES string of the molecule is CCCNC(Cc1ncc[nH]1)c1cc(F)ccc1C. The van der Waals surface area contributed by atoms with Gasteiger partial charge in [-0.25, -0.2) is 9.37 Å². The zero-order valence-electron chi connectivity index (χ0n) is 11.4. The van der Waals surface area contributed by atoms with Crippen LogP contribution in [-0.2, 0) is 6.42 Å². The summed E-state index contributed by atoms with van der Waals surface area (Å²) in [6.45, 7) is 5.04. The molecule has 4 heteroatoms. The van der Waals surface area contributed by atoms with Crippen molar-refractivity contribution in [2.75, 3.05) is 6.54 Å². The standard InChI is InChI=1S/C15H20FN3/c1-3-6-17-14(10-15-18-7-8-19-15)13-9-12(16)5-4-11(13)2/h4-5,7-9,14,17H,3,6,10H2,1-2H3,(H,18,19). The maximum atomic E-state index is 13.5. The third kappa shape index (κ3) is 3.64. The van der Waals surface area contributed by atoms with Crippen molar-refractivity contribution >= 4 is 0 Å². The van der Waals surface area contributed by atoms with Crippen LogP contribution in [0.15, 0.2) is 30.6 Å². The summed E-state index contributed by atoms with van der Waals surface area (Å²) < 4.78 is 13.5. The molecule has 0 aliphatic rings. The van der Waals surface area contributed by atoms with Crippen LogP contribution in [0.1, 0.15) is 36.3 Å². The highest BCUT2D eigenvalue weighted by molar-refractivity contribution is 5.30. The average Bonchev–Trinajstić information content (AvgIpc) is 2.90. The van der Waals surface area contributed by atoms with Gasteiger partial charge >= 0.3 is 0 Å². The summed E-state index contributed by atoms with van der Waals surface area (Å²) in [6.07, 6.45) is 5.33. The molecule has 0 saturated carbocycles. The molecule has 2 N–H and O–H groups in total. The molecule has 2 aromatic rings. The maximum absolute atomic E-state index is 13.5. The lowest BCUT2D eigenvalue weighted by atomic mass is 9.98. The van der Waals surface area contributed by atoms with E-state index >= 15 is 0 Å². The fraction of sp³-hybridized carbons (Fsp3) is 0.400. The maximum Gasteiger partial charge on any atom is 0.123 e. The van der Waals surface area contributed by atoms with Crippen molar-refractivity contribution in [1.29, 1.82) is 0 Å². The van der Waals surface area contributed by atoms with Gasteiger partial charge < -0.3 is 10.3 Å². The summed E-state index contributed by atoms with van der Waals surface area (Å²) in [4.78, 5) is 7.36. The third-order valence-corrected chi connectivity index (χ3v) is 3.21. The molecule has 102 valence electrons. The summed E-state index contributed by atoms with van der Waals surface area (Å²) >= 11 is 0. The molecule has 1 heterocycles. The van der Waals surface area contributed by atoms with Gasteiger partial charge in [0.25, 0.3) is 0 Å². The zero-order valence-corrected chi connectivity index (χ0v) is 11.4. The van der Waals surface area contributed by atoms with Gasteiger partial charge in [-0.1, -0.05) is 13.0 Å². The number of aryl methyl sites for hydroxylation is 1. The predicted octanol–water partition coefficient (Wildman–Crippen LogP) is 3.14. The number of hydrogen-bond donors (Lipinski definition) is 2. The fourth-order valence-electron chi connectivity index (χ4n) is 2.20. The third-order valence-electron chi connectivity index (χ3n) is 3.21. The lowest BCUT2D eigenvalue weighted by Crippen LogP contribution is -2.25. The minimum absolute atomic E-state index is 0.0850. The Labute approximate surface area is 113 Å². The van der Waals surface area contributed by atoms with Crippen LogP contribution in [0.25, 0.3) is 0 Å². The fourth-order valence-corrected chi connectivity index (χ4v) is 2.20. The summed E-state index contributed by atoms with van der Waals surface area (Å²) in [6, 6.07) is 5.03. The van der Waals surface area contributed by atoms with Gasteiger partial charge in [0.15, 0.2) is 0 Å². The molecule has 1 aromatic carbocycles. The van der Waals surface area contributed by atoms with E-state index in [1.165, 1.54) is 6.07 Å². The predicted molar refractivity (Wildman–Crippen MR) is 74.5 cm³/mol. The quantitative estimate of drug-likeness (QED) is 0.838. The summed E-state index contributed by atoms with van der Waals surface area (Å²) in [5.41, 5.74) is 2.10.